The third-order valence-corrected chi connectivity index (χ3v) is 4.26. The van der Waals surface area contributed by atoms with Gasteiger partial charge in [-0.05, 0) is 30.0 Å². The van der Waals surface area contributed by atoms with Gasteiger partial charge in [-0.2, -0.15) is 4.98 Å². The minimum Gasteiger partial charge on any atom is -0.348 e. The van der Waals surface area contributed by atoms with Crippen molar-refractivity contribution < 1.29 is 9.32 Å². The second-order valence-electron chi connectivity index (χ2n) is 5.96. The number of carbonyl (C=O) groups excluding carboxylic acids is 1. The Morgan fingerprint density at radius 1 is 1.08 bits per heavy atom. The highest BCUT2D eigenvalue weighted by Crippen LogP contribution is 2.47. The van der Waals surface area contributed by atoms with Gasteiger partial charge >= 0.3 is 0 Å². The minimum atomic E-state index is 0.0490. The Labute approximate surface area is 139 Å². The molecule has 2 aromatic carbocycles. The summed E-state index contributed by atoms with van der Waals surface area (Å²) in [7, 11) is 0. The number of nitrogens with zero attached hydrogens (tertiary/aromatic N) is 2. The molecule has 3 aromatic rings. The van der Waals surface area contributed by atoms with Crippen LogP contribution in [-0.4, -0.2) is 16.0 Å². The lowest BCUT2D eigenvalue weighted by Crippen LogP contribution is -2.25. The van der Waals surface area contributed by atoms with Crippen LogP contribution in [0.25, 0.3) is 11.5 Å². The molecule has 1 heterocycles. The summed E-state index contributed by atoms with van der Waals surface area (Å²) in [4.78, 5) is 16.6. The largest absolute Gasteiger partial charge is 0.348 e. The number of hydrogen-bond acceptors (Lipinski definition) is 4. The van der Waals surface area contributed by atoms with E-state index in [1.165, 1.54) is 5.56 Å². The van der Waals surface area contributed by atoms with E-state index in [4.69, 9.17) is 4.52 Å². The Kier molecular flexibility index (Phi) is 3.83. The number of hydrogen-bond donors (Lipinski definition) is 1. The molecule has 0 saturated heterocycles. The molecule has 1 aliphatic carbocycles. The zero-order valence-electron chi connectivity index (χ0n) is 13.1. The molecule has 0 unspecified atom stereocenters. The van der Waals surface area contributed by atoms with Crippen molar-refractivity contribution in [1.29, 1.82) is 0 Å². The van der Waals surface area contributed by atoms with Gasteiger partial charge in [-0.3, -0.25) is 4.79 Å². The normalized spacial score (nSPS) is 19.0. The summed E-state index contributed by atoms with van der Waals surface area (Å²) in [6, 6.07) is 19.7. The molecule has 1 fully saturated rings. The fourth-order valence-electron chi connectivity index (χ4n) is 2.87. The van der Waals surface area contributed by atoms with E-state index in [1.807, 2.05) is 48.5 Å². The fourth-order valence-corrected chi connectivity index (χ4v) is 2.87. The van der Waals surface area contributed by atoms with Crippen molar-refractivity contribution >= 4 is 5.91 Å². The van der Waals surface area contributed by atoms with Crippen LogP contribution >= 0.6 is 0 Å². The van der Waals surface area contributed by atoms with E-state index in [9.17, 15) is 4.79 Å². The lowest BCUT2D eigenvalue weighted by atomic mass is 10.1. The quantitative estimate of drug-likeness (QED) is 0.784. The van der Waals surface area contributed by atoms with E-state index in [0.717, 1.165) is 12.0 Å². The summed E-state index contributed by atoms with van der Waals surface area (Å²) in [6.45, 7) is 0.285. The standard InChI is InChI=1S/C19H17N3O2/c23-18(16-11-15(16)13-7-3-1-4-8-13)20-12-17-21-19(24-22-17)14-9-5-2-6-10-14/h1-10,15-16H,11-12H2,(H,20,23)/t15-,16-/m1/s1. The lowest BCUT2D eigenvalue weighted by Gasteiger charge is -2.02. The first-order valence-electron chi connectivity index (χ1n) is 8.02. The number of aromatic nitrogens is 2. The van der Waals surface area contributed by atoms with E-state index < -0.39 is 0 Å². The van der Waals surface area contributed by atoms with Crippen molar-refractivity contribution in [1.82, 2.24) is 15.5 Å². The highest BCUT2D eigenvalue weighted by atomic mass is 16.5. The summed E-state index contributed by atoms with van der Waals surface area (Å²) in [5, 5.41) is 6.82. The van der Waals surface area contributed by atoms with Crippen LogP contribution in [-0.2, 0) is 11.3 Å². The molecule has 1 saturated carbocycles. The molecule has 0 bridgehead atoms. The van der Waals surface area contributed by atoms with Crippen LogP contribution in [0.15, 0.2) is 65.2 Å². The Hall–Kier alpha value is -2.95. The van der Waals surface area contributed by atoms with E-state index in [0.29, 0.717) is 17.6 Å². The number of rotatable bonds is 5. The lowest BCUT2D eigenvalue weighted by molar-refractivity contribution is -0.122. The van der Waals surface area contributed by atoms with Gasteiger partial charge < -0.3 is 9.84 Å². The number of carbonyl (C=O) groups is 1. The topological polar surface area (TPSA) is 68.0 Å². The van der Waals surface area contributed by atoms with Gasteiger partial charge in [-0.25, -0.2) is 0 Å². The zero-order valence-corrected chi connectivity index (χ0v) is 13.1. The first-order valence-corrected chi connectivity index (χ1v) is 8.02. The second kappa shape index (κ2) is 6.28. The molecule has 4 rings (SSSR count). The Bertz CT molecular complexity index is 830. The van der Waals surface area contributed by atoms with E-state index in [-0.39, 0.29) is 18.4 Å². The summed E-state index contributed by atoms with van der Waals surface area (Å²) in [6.07, 6.45) is 0.900. The Morgan fingerprint density at radius 2 is 1.79 bits per heavy atom. The third kappa shape index (κ3) is 3.06. The van der Waals surface area contributed by atoms with Gasteiger partial charge in [0.1, 0.15) is 0 Å². The van der Waals surface area contributed by atoms with Crippen LogP contribution in [0.3, 0.4) is 0 Å². The molecule has 120 valence electrons. The molecule has 1 aliphatic rings. The van der Waals surface area contributed by atoms with Crippen LogP contribution in [0, 0.1) is 5.92 Å². The molecule has 2 atom stereocenters. The molecule has 1 aromatic heterocycles. The zero-order chi connectivity index (χ0) is 16.4. The first kappa shape index (κ1) is 14.6. The number of benzene rings is 2. The molecule has 1 amide bonds. The average molecular weight is 319 g/mol. The Balaban J connectivity index is 1.33. The van der Waals surface area contributed by atoms with Crippen LogP contribution in [0.4, 0.5) is 0 Å². The molecule has 0 radical (unpaired) electrons. The summed E-state index contributed by atoms with van der Waals surface area (Å²) in [5.41, 5.74) is 2.09. The maximum Gasteiger partial charge on any atom is 0.257 e. The highest BCUT2D eigenvalue weighted by Gasteiger charge is 2.43. The number of nitrogens with one attached hydrogen (secondary N) is 1. The molecule has 0 aliphatic heterocycles. The minimum absolute atomic E-state index is 0.0490. The van der Waals surface area contributed by atoms with Gasteiger partial charge in [0.15, 0.2) is 5.82 Å². The van der Waals surface area contributed by atoms with Gasteiger partial charge in [0.25, 0.3) is 5.89 Å². The predicted molar refractivity (Wildman–Crippen MR) is 88.9 cm³/mol. The molecular weight excluding hydrogens is 302 g/mol. The van der Waals surface area contributed by atoms with Gasteiger partial charge in [0.05, 0.1) is 6.54 Å². The maximum atomic E-state index is 12.2. The summed E-state index contributed by atoms with van der Waals surface area (Å²) >= 11 is 0. The predicted octanol–water partition coefficient (Wildman–Crippen LogP) is 3.16. The maximum absolute atomic E-state index is 12.2. The van der Waals surface area contributed by atoms with Gasteiger partial charge in [-0.15, -0.1) is 0 Å². The molecule has 0 spiro atoms. The highest BCUT2D eigenvalue weighted by molar-refractivity contribution is 5.82. The van der Waals surface area contributed by atoms with Crippen molar-refractivity contribution in [3.8, 4) is 11.5 Å². The van der Waals surface area contributed by atoms with E-state index >= 15 is 0 Å². The van der Waals surface area contributed by atoms with Gasteiger partial charge in [0, 0.05) is 11.5 Å². The third-order valence-electron chi connectivity index (χ3n) is 4.26. The monoisotopic (exact) mass is 319 g/mol. The van der Waals surface area contributed by atoms with Crippen LogP contribution < -0.4 is 5.32 Å². The van der Waals surface area contributed by atoms with Crippen molar-refractivity contribution in [3.05, 3.63) is 72.1 Å². The van der Waals surface area contributed by atoms with Crippen LogP contribution in [0.5, 0.6) is 0 Å². The van der Waals surface area contributed by atoms with Crippen molar-refractivity contribution in [2.24, 2.45) is 5.92 Å². The van der Waals surface area contributed by atoms with Crippen molar-refractivity contribution in [3.63, 3.8) is 0 Å². The SMILES string of the molecule is O=C(NCc1noc(-c2ccccc2)n1)[C@@H]1C[C@@H]1c1ccccc1. The molecule has 24 heavy (non-hydrogen) atoms. The Morgan fingerprint density at radius 3 is 2.54 bits per heavy atom. The van der Waals surface area contributed by atoms with Gasteiger partial charge in [0.2, 0.25) is 5.91 Å². The van der Waals surface area contributed by atoms with Crippen LogP contribution in [0.2, 0.25) is 0 Å². The smallest absolute Gasteiger partial charge is 0.257 e. The first-order chi connectivity index (χ1) is 11.8. The molecule has 5 nitrogen and oxygen atoms in total. The molecular formula is C19H17N3O2. The van der Waals surface area contributed by atoms with Gasteiger partial charge in [-0.1, -0.05) is 53.7 Å². The van der Waals surface area contributed by atoms with E-state index in [1.54, 1.807) is 0 Å². The fraction of sp³-hybridized carbons (Fsp3) is 0.211. The molecule has 5 heteroatoms. The average Bonchev–Trinajstić information content (AvgIpc) is 3.31. The number of amides is 1. The van der Waals surface area contributed by atoms with E-state index in [2.05, 4.69) is 27.6 Å². The van der Waals surface area contributed by atoms with Crippen LogP contribution in [0.1, 0.15) is 23.7 Å². The summed E-state index contributed by atoms with van der Waals surface area (Å²) < 4.78 is 5.24. The van der Waals surface area contributed by atoms with Crippen molar-refractivity contribution in [2.75, 3.05) is 0 Å². The summed E-state index contributed by atoms with van der Waals surface area (Å²) in [5.74, 6) is 1.38. The molecule has 1 N–H and O–H groups in total. The van der Waals surface area contributed by atoms with Crippen molar-refractivity contribution in [2.45, 2.75) is 18.9 Å². The second-order valence-corrected chi connectivity index (χ2v) is 5.96.